The summed E-state index contributed by atoms with van der Waals surface area (Å²) in [7, 11) is 0. The molecule has 8 heteroatoms. The van der Waals surface area contributed by atoms with E-state index in [0.717, 1.165) is 50.5 Å². The van der Waals surface area contributed by atoms with E-state index in [1.54, 1.807) is 23.1 Å². The van der Waals surface area contributed by atoms with Crippen LogP contribution >= 0.6 is 0 Å². The molecule has 1 amide bonds. The number of aromatic nitrogens is 3. The van der Waals surface area contributed by atoms with Crippen molar-refractivity contribution in [1.82, 2.24) is 20.1 Å². The summed E-state index contributed by atoms with van der Waals surface area (Å²) in [5, 5.41) is 7.57. The van der Waals surface area contributed by atoms with Gasteiger partial charge in [0.25, 0.3) is 5.91 Å². The number of pyridine rings is 1. The Hall–Kier alpha value is -4.17. The van der Waals surface area contributed by atoms with Crippen LogP contribution in [0.5, 0.6) is 0 Å². The summed E-state index contributed by atoms with van der Waals surface area (Å²) in [6.07, 6.45) is 5.78. The molecule has 0 saturated carbocycles. The molecule has 0 bridgehead atoms. The minimum atomic E-state index is -0.354. The van der Waals surface area contributed by atoms with Gasteiger partial charge in [0.2, 0.25) is 0 Å². The van der Waals surface area contributed by atoms with Crippen LogP contribution in [-0.4, -0.2) is 58.7 Å². The molecular weight excluding hydrogens is 467 g/mol. The zero-order chi connectivity index (χ0) is 25.5. The fraction of sp³-hybridized carbons (Fsp3) is 0.241. The Morgan fingerprint density at radius 2 is 1.62 bits per heavy atom. The molecule has 0 unspecified atom stereocenters. The molecule has 0 aliphatic carbocycles. The van der Waals surface area contributed by atoms with Crippen LogP contribution < -0.4 is 9.80 Å². The molecular formula is C29H29FN6O. The zero-order valence-electron chi connectivity index (χ0n) is 20.6. The lowest BCUT2D eigenvalue weighted by molar-refractivity contribution is 0.0984. The molecule has 3 heterocycles. The number of halogens is 1. The molecule has 1 saturated heterocycles. The van der Waals surface area contributed by atoms with Crippen molar-refractivity contribution in [2.75, 3.05) is 42.5 Å². The quantitative estimate of drug-likeness (QED) is 0.364. The predicted molar refractivity (Wildman–Crippen MR) is 142 cm³/mol. The zero-order valence-corrected chi connectivity index (χ0v) is 20.6. The maximum atomic E-state index is 13.5. The first-order valence-corrected chi connectivity index (χ1v) is 12.5. The van der Waals surface area contributed by atoms with Crippen LogP contribution in [-0.2, 0) is 13.0 Å². The summed E-state index contributed by atoms with van der Waals surface area (Å²) in [6, 6.07) is 22.1. The van der Waals surface area contributed by atoms with Crippen molar-refractivity contribution in [2.45, 2.75) is 13.0 Å². The Balaban J connectivity index is 1.22. The molecule has 2 aromatic carbocycles. The average Bonchev–Trinajstić information content (AvgIpc) is 2.97. The van der Waals surface area contributed by atoms with Crippen LogP contribution in [0.3, 0.4) is 0 Å². The van der Waals surface area contributed by atoms with E-state index >= 15 is 0 Å². The van der Waals surface area contributed by atoms with E-state index in [4.69, 9.17) is 4.98 Å². The highest BCUT2D eigenvalue weighted by atomic mass is 19.1. The van der Waals surface area contributed by atoms with Gasteiger partial charge in [-0.15, -0.1) is 0 Å². The number of hydrogen-bond acceptors (Lipinski definition) is 6. The molecule has 2 aromatic heterocycles. The highest BCUT2D eigenvalue weighted by Crippen LogP contribution is 2.22. The van der Waals surface area contributed by atoms with E-state index in [0.29, 0.717) is 17.8 Å². The molecule has 188 valence electrons. The number of amides is 1. The van der Waals surface area contributed by atoms with E-state index in [1.165, 1.54) is 30.1 Å². The maximum absolute atomic E-state index is 13.5. The van der Waals surface area contributed by atoms with Crippen LogP contribution in [0.4, 0.5) is 15.9 Å². The third kappa shape index (κ3) is 6.34. The summed E-state index contributed by atoms with van der Waals surface area (Å²) in [6.45, 7) is 5.22. The average molecular weight is 497 g/mol. The molecule has 0 spiro atoms. The van der Waals surface area contributed by atoms with Gasteiger partial charge in [0, 0.05) is 44.6 Å². The summed E-state index contributed by atoms with van der Waals surface area (Å²) in [5.74, 6) is 0.342. The van der Waals surface area contributed by atoms with E-state index in [-0.39, 0.29) is 11.7 Å². The van der Waals surface area contributed by atoms with Gasteiger partial charge in [0.05, 0.1) is 24.5 Å². The molecule has 5 rings (SSSR count). The predicted octanol–water partition coefficient (Wildman–Crippen LogP) is 4.22. The van der Waals surface area contributed by atoms with Gasteiger partial charge >= 0.3 is 0 Å². The molecule has 0 N–H and O–H groups in total. The highest BCUT2D eigenvalue weighted by Gasteiger charge is 2.21. The Kier molecular flexibility index (Phi) is 7.76. The van der Waals surface area contributed by atoms with Gasteiger partial charge in [0.15, 0.2) is 0 Å². The van der Waals surface area contributed by atoms with Crippen LogP contribution in [0.15, 0.2) is 91.4 Å². The smallest absolute Gasteiger partial charge is 0.260 e. The van der Waals surface area contributed by atoms with Crippen molar-refractivity contribution in [2.24, 2.45) is 0 Å². The van der Waals surface area contributed by atoms with Crippen molar-refractivity contribution in [3.05, 3.63) is 114 Å². The summed E-state index contributed by atoms with van der Waals surface area (Å²) >= 11 is 0. The lowest BCUT2D eigenvalue weighted by atomic mass is 10.1. The number of benzene rings is 2. The second-order valence-corrected chi connectivity index (χ2v) is 9.09. The number of carbonyl (C=O) groups excluding carboxylic acids is 1. The normalized spacial score (nSPS) is 13.9. The van der Waals surface area contributed by atoms with Crippen molar-refractivity contribution in [1.29, 1.82) is 0 Å². The van der Waals surface area contributed by atoms with Gasteiger partial charge in [-0.2, -0.15) is 10.2 Å². The van der Waals surface area contributed by atoms with Crippen LogP contribution in [0, 0.1) is 5.82 Å². The second-order valence-electron chi connectivity index (χ2n) is 9.09. The first kappa shape index (κ1) is 24.5. The van der Waals surface area contributed by atoms with Crippen LogP contribution in [0.25, 0.3) is 0 Å². The summed E-state index contributed by atoms with van der Waals surface area (Å²) < 4.78 is 13.5. The minimum absolute atomic E-state index is 0.239. The number of nitrogens with zero attached hydrogens (tertiary/aromatic N) is 6. The molecule has 1 fully saturated rings. The first-order chi connectivity index (χ1) is 18.2. The molecule has 1 aliphatic rings. The molecule has 4 aromatic rings. The third-order valence-corrected chi connectivity index (χ3v) is 6.62. The molecule has 37 heavy (non-hydrogen) atoms. The fourth-order valence-electron chi connectivity index (χ4n) is 4.49. The number of rotatable bonds is 8. The molecule has 0 radical (unpaired) electrons. The second kappa shape index (κ2) is 11.7. The Morgan fingerprint density at radius 3 is 2.30 bits per heavy atom. The van der Waals surface area contributed by atoms with Crippen LogP contribution in [0.1, 0.15) is 21.5 Å². The van der Waals surface area contributed by atoms with Crippen LogP contribution in [0.2, 0.25) is 0 Å². The van der Waals surface area contributed by atoms with Crippen molar-refractivity contribution >= 4 is 17.4 Å². The van der Waals surface area contributed by atoms with Gasteiger partial charge < -0.3 is 9.80 Å². The number of hydrogen-bond donors (Lipinski definition) is 0. The Morgan fingerprint density at radius 1 is 0.838 bits per heavy atom. The third-order valence-electron chi connectivity index (χ3n) is 6.62. The number of carbonyl (C=O) groups is 1. The maximum Gasteiger partial charge on any atom is 0.260 e. The lowest BCUT2D eigenvalue weighted by Crippen LogP contribution is -2.47. The topological polar surface area (TPSA) is 65.5 Å². The summed E-state index contributed by atoms with van der Waals surface area (Å²) in [4.78, 5) is 24.3. The van der Waals surface area contributed by atoms with Crippen molar-refractivity contribution in [3.8, 4) is 0 Å². The van der Waals surface area contributed by atoms with E-state index in [2.05, 4.69) is 50.3 Å². The number of piperazine rings is 1. The fourth-order valence-corrected chi connectivity index (χ4v) is 4.49. The van der Waals surface area contributed by atoms with E-state index in [9.17, 15) is 9.18 Å². The number of anilines is 2. The van der Waals surface area contributed by atoms with Gasteiger partial charge in [-0.05, 0) is 53.9 Å². The molecule has 1 aliphatic heterocycles. The Labute approximate surface area is 216 Å². The largest absolute Gasteiger partial charge is 0.354 e. The molecule has 0 atom stereocenters. The molecule has 7 nitrogen and oxygen atoms in total. The van der Waals surface area contributed by atoms with E-state index in [1.807, 2.05) is 18.3 Å². The van der Waals surface area contributed by atoms with Gasteiger partial charge in [-0.3, -0.25) is 9.69 Å². The van der Waals surface area contributed by atoms with Gasteiger partial charge in [-0.25, -0.2) is 9.37 Å². The Bertz CT molecular complexity index is 1280. The van der Waals surface area contributed by atoms with Gasteiger partial charge in [-0.1, -0.05) is 36.4 Å². The van der Waals surface area contributed by atoms with Crippen molar-refractivity contribution < 1.29 is 9.18 Å². The first-order valence-electron chi connectivity index (χ1n) is 12.5. The highest BCUT2D eigenvalue weighted by molar-refractivity contribution is 6.05. The van der Waals surface area contributed by atoms with Crippen molar-refractivity contribution in [3.63, 3.8) is 0 Å². The minimum Gasteiger partial charge on any atom is -0.354 e. The van der Waals surface area contributed by atoms with Gasteiger partial charge in [0.1, 0.15) is 11.6 Å². The summed E-state index contributed by atoms with van der Waals surface area (Å²) in [5.41, 5.74) is 3.26. The monoisotopic (exact) mass is 496 g/mol. The lowest BCUT2D eigenvalue weighted by Gasteiger charge is -2.35. The standard InChI is InChI=1S/C29H29FN6O/c30-26-7-9-27(10-8-26)36(29(37)25-12-14-32-33-21-25)22-24-6-11-28(31-20-24)35-18-16-34(17-19-35)15-13-23-4-2-1-3-5-23/h1-12,14,20-21H,13,15-19,22H2. The van der Waals surface area contributed by atoms with E-state index < -0.39 is 0 Å². The SMILES string of the molecule is O=C(c1ccnnc1)N(Cc1ccc(N2CCN(CCc3ccccc3)CC2)nc1)c1ccc(F)cc1.